The number of hydrogen-bond donors (Lipinski definition) is 0. The second-order valence-electron chi connectivity index (χ2n) is 0. The van der Waals surface area contributed by atoms with Crippen LogP contribution in [0.25, 0.3) is 0 Å². The molecule has 4 heavy (non-hydrogen) atoms. The van der Waals surface area contributed by atoms with Crippen LogP contribution >= 0.6 is 0 Å². The summed E-state index contributed by atoms with van der Waals surface area (Å²) in [6, 6.07) is 0. The van der Waals surface area contributed by atoms with Crippen LogP contribution in [0.5, 0.6) is 0 Å². The minimum Gasteiger partial charge on any atom is 0 e. The first-order chi connectivity index (χ1) is 0. The molecule has 0 atom stereocenters. The van der Waals surface area contributed by atoms with Crippen molar-refractivity contribution in [3.05, 3.63) is 0 Å². The molecule has 0 aromatic heterocycles. The molecule has 1 radical (unpaired) electrons. The van der Waals surface area contributed by atoms with Gasteiger partial charge in [0, 0.05) is 55.0 Å². The molecule has 0 aliphatic rings. The zero-order chi connectivity index (χ0) is 0. The van der Waals surface area contributed by atoms with E-state index in [9.17, 15) is 0 Å². The second-order valence-corrected chi connectivity index (χ2v) is 0. The van der Waals surface area contributed by atoms with Gasteiger partial charge in [-0.3, -0.25) is 0 Å². The van der Waals surface area contributed by atoms with Crippen molar-refractivity contribution < 1.29 is 55.0 Å². The maximum atomic E-state index is 0. The molecule has 25 valence electrons. The van der Waals surface area contributed by atoms with Crippen LogP contribution in [0.15, 0.2) is 0 Å². The fourth-order valence-electron chi connectivity index (χ4n) is 0. The Hall–Kier alpha value is 2.31. The maximum Gasteiger partial charge on any atom is 0 e. The molecule has 0 heterocycles. The molecule has 0 bridgehead atoms. The van der Waals surface area contributed by atoms with E-state index in [0.29, 0.717) is 0 Å². The molecule has 0 unspecified atom stereocenters. The summed E-state index contributed by atoms with van der Waals surface area (Å²) in [5, 5.41) is 0. The normalized spacial score (nSPS) is 0. The van der Waals surface area contributed by atoms with Gasteiger partial charge in [-0.2, -0.15) is 0 Å². The first kappa shape index (κ1) is 33.3. The Morgan fingerprint density at radius 1 is 1.00 bits per heavy atom. The van der Waals surface area contributed by atoms with Gasteiger partial charge in [0.2, 0.25) is 0 Å². The van der Waals surface area contributed by atoms with Crippen LogP contribution < -0.4 is 0 Å². The van der Waals surface area contributed by atoms with E-state index in [1.807, 2.05) is 0 Å². The largest absolute Gasteiger partial charge is 0 e. The third kappa shape index (κ3) is 8.85. The minimum atomic E-state index is 0. The van der Waals surface area contributed by atoms with Crippen LogP contribution in [-0.4, -0.2) is 18.9 Å². The Bertz CT molecular complexity index is 8.00. The monoisotopic (exact) mass is 173 g/mol. The van der Waals surface area contributed by atoms with Gasteiger partial charge in [0.25, 0.3) is 0 Å². The number of rotatable bonds is 0. The molecule has 0 rings (SSSR count). The first-order valence-electron chi connectivity index (χ1n) is 0. The topological polar surface area (TPSA) is 0 Å². The van der Waals surface area contributed by atoms with Crippen molar-refractivity contribution in [2.24, 2.45) is 0 Å². The molecule has 0 aliphatic heterocycles. The Kier molecular flexibility index (Phi) is 154. The summed E-state index contributed by atoms with van der Waals surface area (Å²) in [7, 11) is 0. The van der Waals surface area contributed by atoms with E-state index in [2.05, 4.69) is 0 Å². The summed E-state index contributed by atoms with van der Waals surface area (Å²) in [5.74, 6) is 0. The molecular formula is HCoLiNiTi. The molecule has 0 amide bonds. The molecule has 0 aromatic carbocycles. The SMILES string of the molecule is [Co].[LiH].[Ni].[Ti]. The smallest absolute Gasteiger partial charge is 0 e. The van der Waals surface area contributed by atoms with Crippen molar-refractivity contribution in [3.8, 4) is 0 Å². The molecular weight excluding hydrogens is 172 g/mol. The van der Waals surface area contributed by atoms with E-state index >= 15 is 0 Å². The molecule has 0 spiro atoms. The Balaban J connectivity index is 0. The molecule has 0 aliphatic carbocycles. The average Bonchev–Trinajstić information content (AvgIpc) is 0. The standard InChI is InChI=1S/Co.Li.Ni.Ti.H. The van der Waals surface area contributed by atoms with Crippen LogP contribution in [-0.2, 0) is 55.0 Å². The maximum absolute atomic E-state index is 0. The van der Waals surface area contributed by atoms with E-state index in [4.69, 9.17) is 0 Å². The minimum absolute atomic E-state index is 0. The van der Waals surface area contributed by atoms with Crippen LogP contribution in [0, 0.1) is 0 Å². The zero-order valence-corrected chi connectivity index (χ0v) is 4.74. The van der Waals surface area contributed by atoms with Gasteiger partial charge in [0.05, 0.1) is 0 Å². The van der Waals surface area contributed by atoms with E-state index in [1.165, 1.54) is 0 Å². The third-order valence-electron chi connectivity index (χ3n) is 0. The van der Waals surface area contributed by atoms with Crippen molar-refractivity contribution in [3.63, 3.8) is 0 Å². The van der Waals surface area contributed by atoms with Gasteiger partial charge in [-0.1, -0.05) is 0 Å². The van der Waals surface area contributed by atoms with Gasteiger partial charge < -0.3 is 0 Å². The van der Waals surface area contributed by atoms with Gasteiger partial charge in [0.15, 0.2) is 0 Å². The van der Waals surface area contributed by atoms with Crippen molar-refractivity contribution in [2.45, 2.75) is 0 Å². The van der Waals surface area contributed by atoms with Crippen LogP contribution in [0.4, 0.5) is 0 Å². The van der Waals surface area contributed by atoms with E-state index in [-0.39, 0.29) is 73.8 Å². The van der Waals surface area contributed by atoms with Gasteiger partial charge in [-0.15, -0.1) is 0 Å². The number of hydrogen-bond acceptors (Lipinski definition) is 0. The van der Waals surface area contributed by atoms with Crippen molar-refractivity contribution in [2.75, 3.05) is 0 Å². The molecule has 0 nitrogen and oxygen atoms in total. The van der Waals surface area contributed by atoms with Crippen molar-refractivity contribution in [1.29, 1.82) is 0 Å². The third-order valence-corrected chi connectivity index (χ3v) is 0. The average molecular weight is 173 g/mol. The predicted molar refractivity (Wildman–Crippen MR) is 7.15 cm³/mol. The van der Waals surface area contributed by atoms with Gasteiger partial charge in [-0.05, 0) is 0 Å². The van der Waals surface area contributed by atoms with Gasteiger partial charge >= 0.3 is 18.9 Å². The summed E-state index contributed by atoms with van der Waals surface area (Å²) in [4.78, 5) is 0. The summed E-state index contributed by atoms with van der Waals surface area (Å²) in [6.45, 7) is 0. The Labute approximate surface area is 73.0 Å². The van der Waals surface area contributed by atoms with E-state index in [1.54, 1.807) is 0 Å². The first-order valence-corrected chi connectivity index (χ1v) is 0. The van der Waals surface area contributed by atoms with E-state index < -0.39 is 0 Å². The summed E-state index contributed by atoms with van der Waals surface area (Å²) in [6.07, 6.45) is 0. The second kappa shape index (κ2) is 18.5. The fraction of sp³-hybridized carbons (Fsp3) is 0. The van der Waals surface area contributed by atoms with Crippen molar-refractivity contribution in [1.82, 2.24) is 0 Å². The zero-order valence-electron chi connectivity index (χ0n) is 1.15. The molecule has 0 saturated heterocycles. The van der Waals surface area contributed by atoms with Crippen LogP contribution in [0.3, 0.4) is 0 Å². The predicted octanol–water partition coefficient (Wildman–Crippen LogP) is -0.656. The quantitative estimate of drug-likeness (QED) is 0.427. The van der Waals surface area contributed by atoms with Gasteiger partial charge in [0.1, 0.15) is 0 Å². The Morgan fingerprint density at radius 2 is 1.00 bits per heavy atom. The van der Waals surface area contributed by atoms with Crippen LogP contribution in [0.1, 0.15) is 0 Å². The molecule has 0 saturated carbocycles. The van der Waals surface area contributed by atoms with Crippen LogP contribution in [0.2, 0.25) is 0 Å². The Morgan fingerprint density at radius 3 is 1.00 bits per heavy atom. The summed E-state index contributed by atoms with van der Waals surface area (Å²) >= 11 is 0. The van der Waals surface area contributed by atoms with Crippen molar-refractivity contribution >= 4 is 18.9 Å². The molecule has 4 heteroatoms. The molecule has 0 fully saturated rings. The summed E-state index contributed by atoms with van der Waals surface area (Å²) < 4.78 is 0. The van der Waals surface area contributed by atoms with Gasteiger partial charge in [-0.25, -0.2) is 0 Å². The fourth-order valence-corrected chi connectivity index (χ4v) is 0. The summed E-state index contributed by atoms with van der Waals surface area (Å²) in [5.41, 5.74) is 0. The molecule has 0 N–H and O–H groups in total. The van der Waals surface area contributed by atoms with E-state index in [0.717, 1.165) is 0 Å². The molecule has 0 aromatic rings.